The van der Waals surface area contributed by atoms with Crippen molar-refractivity contribution in [3.63, 3.8) is 0 Å². The van der Waals surface area contributed by atoms with Gasteiger partial charge in [0.15, 0.2) is 0 Å². The normalized spacial score (nSPS) is 16.0. The van der Waals surface area contributed by atoms with Crippen molar-refractivity contribution in [3.05, 3.63) is 162 Å². The number of hydrogen-bond donors (Lipinski definition) is 0. The molecule has 0 aliphatic carbocycles. The molecular formula is C36H33N3O4S2. The Kier molecular flexibility index (Phi) is 8.42. The number of rotatable bonds is 9. The molecule has 0 unspecified atom stereocenters. The van der Waals surface area contributed by atoms with Crippen molar-refractivity contribution in [3.8, 4) is 0 Å². The Morgan fingerprint density at radius 2 is 1.07 bits per heavy atom. The maximum Gasteiger partial charge on any atom is 0.257 e. The zero-order valence-corrected chi connectivity index (χ0v) is 26.6. The number of hydrogen-bond acceptors (Lipinski definition) is 6. The van der Waals surface area contributed by atoms with Crippen LogP contribution in [0, 0.1) is 13.8 Å². The van der Waals surface area contributed by atoms with Gasteiger partial charge in [-0.15, -0.1) is 0 Å². The summed E-state index contributed by atoms with van der Waals surface area (Å²) in [5.41, 5.74) is 3.93. The van der Waals surface area contributed by atoms with E-state index in [4.69, 9.17) is 4.99 Å². The van der Waals surface area contributed by atoms with Crippen LogP contribution in [0.1, 0.15) is 28.3 Å². The van der Waals surface area contributed by atoms with E-state index in [1.807, 2.05) is 85.5 Å². The monoisotopic (exact) mass is 635 g/mol. The average molecular weight is 636 g/mol. The van der Waals surface area contributed by atoms with Gasteiger partial charge in [-0.05, 0) is 55.8 Å². The van der Waals surface area contributed by atoms with Crippen molar-refractivity contribution in [2.45, 2.75) is 35.7 Å². The number of sulfonamides is 2. The molecule has 45 heavy (non-hydrogen) atoms. The third kappa shape index (κ3) is 6.07. The number of para-hydroxylation sites is 1. The van der Waals surface area contributed by atoms with Crippen molar-refractivity contribution in [1.82, 2.24) is 3.71 Å². The van der Waals surface area contributed by atoms with E-state index in [0.29, 0.717) is 15.1 Å². The Balaban J connectivity index is 1.60. The average Bonchev–Trinajstić information content (AvgIpc) is 3.50. The molecule has 0 saturated carbocycles. The Bertz CT molecular complexity index is 1940. The third-order valence-electron chi connectivity index (χ3n) is 7.86. The van der Waals surface area contributed by atoms with E-state index in [0.717, 1.165) is 22.4 Å². The van der Waals surface area contributed by atoms with Crippen molar-refractivity contribution in [1.29, 1.82) is 0 Å². The number of benzene rings is 5. The fourth-order valence-electron chi connectivity index (χ4n) is 5.56. The Morgan fingerprint density at radius 3 is 1.56 bits per heavy atom. The minimum atomic E-state index is -4.63. The second-order valence-electron chi connectivity index (χ2n) is 11.0. The molecule has 228 valence electrons. The summed E-state index contributed by atoms with van der Waals surface area (Å²) in [7, 11) is -9.25. The Morgan fingerprint density at radius 1 is 0.622 bits per heavy atom. The fraction of sp³-hybridized carbons (Fsp3) is 0.139. The van der Waals surface area contributed by atoms with Crippen LogP contribution >= 0.6 is 0 Å². The number of anilines is 1. The quantitative estimate of drug-likeness (QED) is 0.179. The lowest BCUT2D eigenvalue weighted by atomic mass is 10.0. The largest absolute Gasteiger partial charge is 0.324 e. The first-order valence-corrected chi connectivity index (χ1v) is 17.5. The topological polar surface area (TPSA) is 87.1 Å². The molecule has 0 amide bonds. The maximum atomic E-state index is 14.7. The van der Waals surface area contributed by atoms with E-state index in [9.17, 15) is 16.8 Å². The third-order valence-corrected chi connectivity index (χ3v) is 12.2. The fourth-order valence-corrected chi connectivity index (χ4v) is 9.60. The summed E-state index contributed by atoms with van der Waals surface area (Å²) in [6, 6.07) is 38.7. The van der Waals surface area contributed by atoms with Crippen LogP contribution in [-0.4, -0.2) is 39.0 Å². The molecule has 1 aliphatic rings. The molecule has 0 fully saturated rings. The van der Waals surface area contributed by atoms with Gasteiger partial charge in [-0.25, -0.2) is 16.8 Å². The molecule has 5 aromatic rings. The molecule has 0 spiro atoms. The smallest absolute Gasteiger partial charge is 0.257 e. The molecule has 7 nitrogen and oxygen atoms in total. The lowest BCUT2D eigenvalue weighted by Gasteiger charge is -2.33. The van der Waals surface area contributed by atoms with Gasteiger partial charge >= 0.3 is 0 Å². The highest BCUT2D eigenvalue weighted by atomic mass is 32.3. The van der Waals surface area contributed by atoms with E-state index < -0.39 is 32.1 Å². The van der Waals surface area contributed by atoms with E-state index in [-0.39, 0.29) is 16.3 Å². The zero-order chi connectivity index (χ0) is 31.6. The van der Waals surface area contributed by atoms with Crippen LogP contribution in [0.5, 0.6) is 0 Å². The highest BCUT2D eigenvalue weighted by Gasteiger charge is 2.48. The van der Waals surface area contributed by atoms with E-state index >= 15 is 0 Å². The minimum Gasteiger partial charge on any atom is -0.324 e. The van der Waals surface area contributed by atoms with Gasteiger partial charge in [0.05, 0.1) is 21.9 Å². The van der Waals surface area contributed by atoms with Crippen LogP contribution in [-0.2, 0) is 20.0 Å². The highest BCUT2D eigenvalue weighted by molar-refractivity contribution is 8.04. The Hall–Kier alpha value is -4.57. The van der Waals surface area contributed by atoms with Gasteiger partial charge in [-0.3, -0.25) is 4.99 Å². The number of amidine groups is 1. The van der Waals surface area contributed by atoms with Crippen LogP contribution in [0.15, 0.2) is 154 Å². The number of nitrogens with zero attached hydrogens (tertiary/aromatic N) is 3. The zero-order valence-electron chi connectivity index (χ0n) is 24.9. The molecule has 6 rings (SSSR count). The van der Waals surface area contributed by atoms with E-state index in [1.165, 1.54) is 24.3 Å². The van der Waals surface area contributed by atoms with E-state index in [2.05, 4.69) is 0 Å². The van der Waals surface area contributed by atoms with Crippen molar-refractivity contribution in [2.75, 3.05) is 11.4 Å². The number of aliphatic imine (C=N–C) groups is 1. The van der Waals surface area contributed by atoms with Gasteiger partial charge in [-0.2, -0.15) is 0 Å². The summed E-state index contributed by atoms with van der Waals surface area (Å²) in [4.78, 5) is 6.92. The molecule has 0 N–H and O–H groups in total. The first kappa shape index (κ1) is 30.5. The first-order valence-electron chi connectivity index (χ1n) is 14.6. The van der Waals surface area contributed by atoms with Gasteiger partial charge in [-0.1, -0.05) is 118 Å². The summed E-state index contributed by atoms with van der Waals surface area (Å²) in [5, 5.41) is 0. The number of aryl methyl sites for hydroxylation is 2. The van der Waals surface area contributed by atoms with E-state index in [1.54, 1.807) is 48.5 Å². The molecule has 0 bridgehead atoms. The highest BCUT2D eigenvalue weighted by Crippen LogP contribution is 2.40. The van der Waals surface area contributed by atoms with Gasteiger partial charge in [0.25, 0.3) is 20.0 Å². The van der Waals surface area contributed by atoms with Crippen LogP contribution in [0.4, 0.5) is 5.69 Å². The molecular weight excluding hydrogens is 603 g/mol. The predicted molar refractivity (Wildman–Crippen MR) is 178 cm³/mol. The van der Waals surface area contributed by atoms with Crippen LogP contribution < -0.4 is 4.90 Å². The van der Waals surface area contributed by atoms with Crippen LogP contribution in [0.3, 0.4) is 0 Å². The molecule has 1 aliphatic heterocycles. The van der Waals surface area contributed by atoms with Crippen molar-refractivity contribution >= 4 is 31.6 Å². The molecule has 1 heterocycles. The van der Waals surface area contributed by atoms with Gasteiger partial charge in [0.1, 0.15) is 5.84 Å². The molecule has 9 heteroatoms. The van der Waals surface area contributed by atoms with Crippen LogP contribution in [0.25, 0.3) is 0 Å². The molecule has 0 aromatic heterocycles. The SMILES string of the molecule is Cc1ccc(S(=O)(=O)N([C@@H](c2ccccc2)[C@H]2CN(c3ccccc3)C(c3ccccc3)=N2)S(=O)(=O)c2ccc(C)cc2)cc1. The van der Waals surface area contributed by atoms with Crippen molar-refractivity contribution in [2.24, 2.45) is 4.99 Å². The summed E-state index contributed by atoms with van der Waals surface area (Å²) < 4.78 is 59.4. The molecule has 5 aromatic carbocycles. The predicted octanol–water partition coefficient (Wildman–Crippen LogP) is 6.76. The summed E-state index contributed by atoms with van der Waals surface area (Å²) >= 11 is 0. The molecule has 2 atom stereocenters. The van der Waals surface area contributed by atoms with Gasteiger partial charge < -0.3 is 4.90 Å². The maximum absolute atomic E-state index is 14.7. The lowest BCUT2D eigenvalue weighted by molar-refractivity contribution is 0.386. The lowest BCUT2D eigenvalue weighted by Crippen LogP contribution is -2.45. The van der Waals surface area contributed by atoms with Gasteiger partial charge in [0.2, 0.25) is 0 Å². The Labute approximate surface area is 265 Å². The summed E-state index contributed by atoms with van der Waals surface area (Å²) in [6.07, 6.45) is 0. The standard InChI is InChI=1S/C36H33N3O4S2/c1-27-18-22-32(23-19-27)44(40,41)39(45(42,43)33-24-20-28(2)21-25-33)35(29-12-6-3-7-13-29)34-26-38(31-16-10-5-11-17-31)36(37-34)30-14-8-4-9-15-30/h3-25,34-35H,26H2,1-2H3/t34-,35+/m1/s1. The summed E-state index contributed by atoms with van der Waals surface area (Å²) in [5.74, 6) is 0.633. The van der Waals surface area contributed by atoms with Crippen molar-refractivity contribution < 1.29 is 16.8 Å². The first-order chi connectivity index (χ1) is 21.7. The van der Waals surface area contributed by atoms with Crippen LogP contribution in [0.2, 0.25) is 0 Å². The second-order valence-corrected chi connectivity index (χ2v) is 14.9. The van der Waals surface area contributed by atoms with Gasteiger partial charge in [0, 0.05) is 17.8 Å². The minimum absolute atomic E-state index is 0.116. The second kappa shape index (κ2) is 12.4. The molecule has 0 saturated heterocycles. The molecule has 0 radical (unpaired) electrons. The summed E-state index contributed by atoms with van der Waals surface area (Å²) in [6.45, 7) is 3.94.